The van der Waals surface area contributed by atoms with Crippen LogP contribution in [0.1, 0.15) is 15.9 Å². The number of aliphatic hydroxyl groups is 2. The molecule has 4 rings (SSSR count). The summed E-state index contributed by atoms with van der Waals surface area (Å²) in [6, 6.07) is 1.74. The maximum Gasteiger partial charge on any atom is 0.235 e. The lowest BCUT2D eigenvalue weighted by Crippen LogP contribution is -2.77. The van der Waals surface area contributed by atoms with Crippen LogP contribution in [-0.2, 0) is 35.1 Å². The number of likely N-dealkylation sites (N-methyl/N-ethyl adjacent to an activating group) is 1. The molecule has 6 N–H and O–H groups in total. The number of anilines is 1. The Bertz CT molecular complexity index is 1220. The summed E-state index contributed by atoms with van der Waals surface area (Å²) in [6.45, 7) is 1.37. The number of rotatable bonds is 9. The summed E-state index contributed by atoms with van der Waals surface area (Å²) < 4.78 is 10.3. The van der Waals surface area contributed by atoms with Gasteiger partial charge in [0.05, 0.1) is 55.1 Å². The molecule has 0 spiro atoms. The standard InChI is InChI=1S/C26H33N3O10/c1-29(2)18-17-19(30)12-10-11-4-5-13(28-6-7-39-9-8-38-3)20(31)14(11)21(32)15(12)23(34)26(17,37)24(35)16(22(18)33)25(27)36/h4-5,12,15-19,28,30-31,37H,6-10H2,1-3H3,(H2,27,36)/t12-,15?,16?,17-,18+,19+,26+/m0/s1. The van der Waals surface area contributed by atoms with Crippen molar-refractivity contribution >= 4 is 34.7 Å². The maximum atomic E-state index is 13.8. The molecular weight excluding hydrogens is 514 g/mol. The van der Waals surface area contributed by atoms with Crippen molar-refractivity contribution in [2.45, 2.75) is 24.2 Å². The summed E-state index contributed by atoms with van der Waals surface area (Å²) in [5, 5.41) is 36.9. The fourth-order valence-electron chi connectivity index (χ4n) is 6.23. The smallest absolute Gasteiger partial charge is 0.235 e. The van der Waals surface area contributed by atoms with Gasteiger partial charge in [0.15, 0.2) is 34.7 Å². The van der Waals surface area contributed by atoms with Crippen LogP contribution in [0.25, 0.3) is 0 Å². The van der Waals surface area contributed by atoms with Gasteiger partial charge < -0.3 is 35.8 Å². The Balaban J connectivity index is 1.71. The number of fused-ring (bicyclic) bond motifs is 3. The van der Waals surface area contributed by atoms with Crippen LogP contribution in [0.3, 0.4) is 0 Å². The number of carbonyl (C=O) groups excluding carboxylic acids is 5. The third kappa shape index (κ3) is 4.43. The molecule has 39 heavy (non-hydrogen) atoms. The van der Waals surface area contributed by atoms with E-state index in [1.807, 2.05) is 0 Å². The third-order valence-electron chi connectivity index (χ3n) is 8.01. The second-order valence-electron chi connectivity index (χ2n) is 10.4. The van der Waals surface area contributed by atoms with Crippen molar-refractivity contribution in [2.75, 3.05) is 52.9 Å². The average Bonchev–Trinajstić information content (AvgIpc) is 2.87. The highest BCUT2D eigenvalue weighted by Crippen LogP contribution is 2.51. The molecule has 1 aromatic rings. The number of hydrogen-bond donors (Lipinski definition) is 5. The molecule has 1 aromatic carbocycles. The van der Waals surface area contributed by atoms with Crippen LogP contribution in [0.4, 0.5) is 5.69 Å². The first-order valence-corrected chi connectivity index (χ1v) is 12.6. The molecule has 2 fully saturated rings. The van der Waals surface area contributed by atoms with Crippen molar-refractivity contribution < 1.29 is 48.8 Å². The van der Waals surface area contributed by atoms with Crippen LogP contribution in [0.15, 0.2) is 12.1 Å². The predicted octanol–water partition coefficient (Wildman–Crippen LogP) is -2.09. The summed E-state index contributed by atoms with van der Waals surface area (Å²) in [7, 11) is 4.43. The SMILES string of the molecule is COCCOCCNc1ccc2c(c1O)C(=O)C1C(=O)[C@@]3(O)C(=O)C(C(N)=O)C(=O)[C@H](N(C)C)[C@H]3[C@H](O)[C@H]1C2. The van der Waals surface area contributed by atoms with E-state index >= 15 is 0 Å². The molecule has 0 aromatic heterocycles. The van der Waals surface area contributed by atoms with Gasteiger partial charge in [0.2, 0.25) is 5.91 Å². The first kappa shape index (κ1) is 28.8. The molecule has 7 atom stereocenters. The van der Waals surface area contributed by atoms with Gasteiger partial charge in [-0.2, -0.15) is 0 Å². The molecular formula is C26H33N3O10. The van der Waals surface area contributed by atoms with Gasteiger partial charge in [-0.05, 0) is 32.1 Å². The monoisotopic (exact) mass is 547 g/mol. The number of carbonyl (C=O) groups is 5. The molecule has 13 heteroatoms. The van der Waals surface area contributed by atoms with E-state index < -0.39 is 76.2 Å². The number of aliphatic hydroxyl groups excluding tert-OH is 1. The second-order valence-corrected chi connectivity index (χ2v) is 10.4. The Morgan fingerprint density at radius 2 is 1.85 bits per heavy atom. The number of primary amides is 1. The first-order chi connectivity index (χ1) is 18.4. The molecule has 0 bridgehead atoms. The van der Waals surface area contributed by atoms with Gasteiger partial charge in [0, 0.05) is 19.6 Å². The van der Waals surface area contributed by atoms with Crippen molar-refractivity contribution in [1.82, 2.24) is 4.90 Å². The van der Waals surface area contributed by atoms with E-state index in [1.54, 1.807) is 19.2 Å². The van der Waals surface area contributed by atoms with Crippen LogP contribution in [0.2, 0.25) is 0 Å². The Morgan fingerprint density at radius 3 is 2.46 bits per heavy atom. The molecule has 2 saturated carbocycles. The Hall–Kier alpha value is -3.23. The molecule has 13 nitrogen and oxygen atoms in total. The minimum Gasteiger partial charge on any atom is -0.505 e. The van der Waals surface area contributed by atoms with Gasteiger partial charge >= 0.3 is 0 Å². The molecule has 3 aliphatic carbocycles. The zero-order valence-corrected chi connectivity index (χ0v) is 21.9. The summed E-state index contributed by atoms with van der Waals surface area (Å²) >= 11 is 0. The number of methoxy groups -OCH3 is 1. The zero-order chi connectivity index (χ0) is 28.8. The molecule has 0 heterocycles. The summed E-state index contributed by atoms with van der Waals surface area (Å²) in [5.74, 6) is -12.8. The second kappa shape index (κ2) is 10.7. The molecule has 1 amide bonds. The topological polar surface area (TPSA) is 206 Å². The number of nitrogens with one attached hydrogen (secondary N) is 1. The van der Waals surface area contributed by atoms with Gasteiger partial charge in [-0.3, -0.25) is 28.9 Å². The molecule has 212 valence electrons. The van der Waals surface area contributed by atoms with E-state index in [0.717, 1.165) is 0 Å². The van der Waals surface area contributed by atoms with Crippen LogP contribution in [0, 0.1) is 23.7 Å². The van der Waals surface area contributed by atoms with E-state index in [1.165, 1.54) is 19.0 Å². The summed E-state index contributed by atoms with van der Waals surface area (Å²) in [4.78, 5) is 67.3. The van der Waals surface area contributed by atoms with Gasteiger partial charge in [0.1, 0.15) is 5.75 Å². The van der Waals surface area contributed by atoms with Crippen LogP contribution >= 0.6 is 0 Å². The molecule has 0 aliphatic heterocycles. The zero-order valence-electron chi connectivity index (χ0n) is 21.9. The molecule has 2 unspecified atom stereocenters. The highest BCUT2D eigenvalue weighted by atomic mass is 16.5. The van der Waals surface area contributed by atoms with E-state index in [-0.39, 0.29) is 24.3 Å². The van der Waals surface area contributed by atoms with Gasteiger partial charge in [-0.15, -0.1) is 0 Å². The van der Waals surface area contributed by atoms with Crippen LogP contribution in [-0.4, -0.2) is 115 Å². The average molecular weight is 548 g/mol. The number of aromatic hydroxyl groups is 1. The third-order valence-corrected chi connectivity index (χ3v) is 8.01. The van der Waals surface area contributed by atoms with E-state index in [9.17, 15) is 39.3 Å². The number of benzene rings is 1. The Morgan fingerprint density at radius 1 is 1.15 bits per heavy atom. The Labute approximate surface area is 224 Å². The van der Waals surface area contributed by atoms with Crippen LogP contribution < -0.4 is 11.1 Å². The van der Waals surface area contributed by atoms with Crippen molar-refractivity contribution in [3.05, 3.63) is 23.3 Å². The van der Waals surface area contributed by atoms with Crippen LogP contribution in [0.5, 0.6) is 5.75 Å². The highest BCUT2D eigenvalue weighted by molar-refractivity contribution is 6.32. The van der Waals surface area contributed by atoms with E-state index in [4.69, 9.17) is 15.2 Å². The Kier molecular flexibility index (Phi) is 7.92. The lowest BCUT2D eigenvalue weighted by molar-refractivity contribution is -0.195. The van der Waals surface area contributed by atoms with Crippen molar-refractivity contribution in [1.29, 1.82) is 0 Å². The normalized spacial score (nSPS) is 32.1. The minimum atomic E-state index is -3.01. The van der Waals surface area contributed by atoms with E-state index in [0.29, 0.717) is 25.3 Å². The highest BCUT2D eigenvalue weighted by Gasteiger charge is 2.72. The maximum absolute atomic E-state index is 13.8. The first-order valence-electron chi connectivity index (χ1n) is 12.6. The fraction of sp³-hybridized carbons (Fsp3) is 0.577. The van der Waals surface area contributed by atoms with Gasteiger partial charge in [-0.25, -0.2) is 0 Å². The lowest BCUT2D eigenvalue weighted by atomic mass is 9.51. The quantitative estimate of drug-likeness (QED) is 0.128. The lowest BCUT2D eigenvalue weighted by Gasteiger charge is -2.54. The summed E-state index contributed by atoms with van der Waals surface area (Å²) in [5.41, 5.74) is 2.69. The number of phenolic OH excluding ortho intramolecular Hbond substituents is 1. The minimum absolute atomic E-state index is 0.0407. The van der Waals surface area contributed by atoms with Crippen molar-refractivity contribution in [2.24, 2.45) is 29.4 Å². The van der Waals surface area contributed by atoms with Crippen molar-refractivity contribution in [3.8, 4) is 5.75 Å². The molecule has 0 radical (unpaired) electrons. The molecule has 3 aliphatic rings. The number of Topliss-reactive ketones (excluding diaryl/α,β-unsaturated/α-hetero) is 4. The van der Waals surface area contributed by atoms with E-state index in [2.05, 4.69) is 5.32 Å². The number of ketones is 4. The number of hydrogen-bond acceptors (Lipinski definition) is 12. The number of phenols is 1. The molecule has 0 saturated heterocycles. The number of ether oxygens (including phenoxy) is 2. The van der Waals surface area contributed by atoms with Gasteiger partial charge in [-0.1, -0.05) is 6.07 Å². The van der Waals surface area contributed by atoms with Crippen molar-refractivity contribution in [3.63, 3.8) is 0 Å². The number of amides is 1. The van der Waals surface area contributed by atoms with Gasteiger partial charge in [0.25, 0.3) is 0 Å². The summed E-state index contributed by atoms with van der Waals surface area (Å²) in [6.07, 6.45) is -1.69. The predicted molar refractivity (Wildman–Crippen MR) is 134 cm³/mol. The fourth-order valence-corrected chi connectivity index (χ4v) is 6.23. The largest absolute Gasteiger partial charge is 0.505 e. The number of nitrogens with zero attached hydrogens (tertiary/aromatic N) is 1. The number of nitrogens with two attached hydrogens (primary N) is 1.